The summed E-state index contributed by atoms with van der Waals surface area (Å²) in [5.41, 5.74) is 12.7. The van der Waals surface area contributed by atoms with Gasteiger partial charge in [-0.25, -0.2) is 0 Å². The lowest BCUT2D eigenvalue weighted by atomic mass is 9.90. The minimum Gasteiger partial charge on any atom is -0.369 e. The number of hydrogen-bond donors (Lipinski definition) is 2. The number of rotatable bonds is 4. The fourth-order valence-electron chi connectivity index (χ4n) is 2.95. The molecule has 1 aliphatic rings. The second-order valence-electron chi connectivity index (χ2n) is 5.38. The second kappa shape index (κ2) is 6.46. The molecule has 0 spiro atoms. The van der Waals surface area contributed by atoms with Crippen LogP contribution in [0.1, 0.15) is 43.0 Å². The summed E-state index contributed by atoms with van der Waals surface area (Å²) < 4.78 is 0. The molecule has 0 bridgehead atoms. The van der Waals surface area contributed by atoms with Crippen molar-refractivity contribution in [2.45, 2.75) is 44.7 Å². The Balaban J connectivity index is 2.19. The van der Waals surface area contributed by atoms with Crippen LogP contribution in [0, 0.1) is 0 Å². The third kappa shape index (κ3) is 3.25. The van der Waals surface area contributed by atoms with Gasteiger partial charge in [0.15, 0.2) is 0 Å². The van der Waals surface area contributed by atoms with Gasteiger partial charge in [0.25, 0.3) is 0 Å². The number of primary amides is 1. The molecular weight excluding hydrogens is 274 g/mol. The zero-order chi connectivity index (χ0) is 14.7. The first kappa shape index (κ1) is 15.1. The molecule has 0 radical (unpaired) electrons. The molecule has 0 aromatic heterocycles. The van der Waals surface area contributed by atoms with Crippen molar-refractivity contribution in [2.75, 3.05) is 11.4 Å². The van der Waals surface area contributed by atoms with Crippen molar-refractivity contribution in [3.05, 3.63) is 28.8 Å². The van der Waals surface area contributed by atoms with E-state index < -0.39 is 5.91 Å². The minimum atomic E-state index is -0.492. The maximum absolute atomic E-state index is 11.2. The molecule has 0 atom stereocenters. The molecule has 1 fully saturated rings. The van der Waals surface area contributed by atoms with Crippen molar-refractivity contribution >= 4 is 23.2 Å². The minimum absolute atomic E-state index is 0.339. The number of amides is 1. The van der Waals surface area contributed by atoms with Crippen LogP contribution in [0.4, 0.5) is 5.69 Å². The van der Waals surface area contributed by atoms with Crippen LogP contribution in [0.25, 0.3) is 0 Å². The summed E-state index contributed by atoms with van der Waals surface area (Å²) in [5.74, 6) is -0.492. The van der Waals surface area contributed by atoms with Crippen LogP contribution >= 0.6 is 11.6 Å². The van der Waals surface area contributed by atoms with Crippen LogP contribution in [-0.4, -0.2) is 24.5 Å². The van der Waals surface area contributed by atoms with Gasteiger partial charge in [0.2, 0.25) is 5.91 Å². The monoisotopic (exact) mass is 295 g/mol. The van der Waals surface area contributed by atoms with Crippen molar-refractivity contribution in [1.29, 1.82) is 0 Å². The van der Waals surface area contributed by atoms with Crippen LogP contribution in [0.3, 0.4) is 0 Å². The largest absolute Gasteiger partial charge is 0.369 e. The number of halogens is 1. The van der Waals surface area contributed by atoms with E-state index in [1.165, 1.54) is 0 Å². The van der Waals surface area contributed by atoms with Crippen molar-refractivity contribution in [1.82, 2.24) is 0 Å². The number of carbonyl (C=O) groups is 1. The quantitative estimate of drug-likeness (QED) is 0.896. The Bertz CT molecular complexity index is 484. The van der Waals surface area contributed by atoms with Crippen LogP contribution in [0.5, 0.6) is 0 Å². The van der Waals surface area contributed by atoms with Crippen molar-refractivity contribution in [3.8, 4) is 0 Å². The highest BCUT2D eigenvalue weighted by atomic mass is 35.5. The Morgan fingerprint density at radius 2 is 2.00 bits per heavy atom. The van der Waals surface area contributed by atoms with Gasteiger partial charge in [-0.2, -0.15) is 0 Å². The van der Waals surface area contributed by atoms with Crippen molar-refractivity contribution in [2.24, 2.45) is 11.5 Å². The summed E-state index contributed by atoms with van der Waals surface area (Å²) in [7, 11) is 0. The highest BCUT2D eigenvalue weighted by Crippen LogP contribution is 2.29. The van der Waals surface area contributed by atoms with Crippen LogP contribution in [-0.2, 0) is 0 Å². The number of anilines is 1. The molecule has 0 heterocycles. The average molecular weight is 296 g/mol. The van der Waals surface area contributed by atoms with E-state index in [1.807, 2.05) is 12.1 Å². The lowest BCUT2D eigenvalue weighted by Crippen LogP contribution is -2.41. The third-order valence-electron chi connectivity index (χ3n) is 4.07. The van der Waals surface area contributed by atoms with E-state index in [0.29, 0.717) is 22.7 Å². The Morgan fingerprint density at radius 3 is 2.50 bits per heavy atom. The molecule has 1 aromatic carbocycles. The highest BCUT2D eigenvalue weighted by molar-refractivity contribution is 6.34. The zero-order valence-electron chi connectivity index (χ0n) is 11.8. The molecular formula is C15H22ClN3O. The average Bonchev–Trinajstić information content (AvgIpc) is 2.41. The summed E-state index contributed by atoms with van der Waals surface area (Å²) in [6.45, 7) is 3.04. The van der Waals surface area contributed by atoms with E-state index in [4.69, 9.17) is 23.1 Å². The summed E-state index contributed by atoms with van der Waals surface area (Å²) in [6, 6.07) is 6.29. The normalized spacial score (nSPS) is 22.6. The Kier molecular flexibility index (Phi) is 4.89. The first-order chi connectivity index (χ1) is 9.52. The van der Waals surface area contributed by atoms with Crippen LogP contribution in [0.15, 0.2) is 18.2 Å². The fourth-order valence-corrected chi connectivity index (χ4v) is 3.22. The van der Waals surface area contributed by atoms with E-state index in [0.717, 1.165) is 37.9 Å². The molecule has 110 valence electrons. The molecule has 1 aliphatic carbocycles. The predicted molar refractivity (Wildman–Crippen MR) is 83.2 cm³/mol. The molecule has 1 amide bonds. The lowest BCUT2D eigenvalue weighted by Gasteiger charge is -2.37. The molecule has 0 unspecified atom stereocenters. The number of benzene rings is 1. The first-order valence-corrected chi connectivity index (χ1v) is 7.52. The van der Waals surface area contributed by atoms with Gasteiger partial charge in [-0.1, -0.05) is 11.6 Å². The molecule has 4 N–H and O–H groups in total. The summed E-state index contributed by atoms with van der Waals surface area (Å²) in [5, 5.41) is 0.418. The second-order valence-corrected chi connectivity index (χ2v) is 5.79. The maximum atomic E-state index is 11.2. The molecule has 5 heteroatoms. The van der Waals surface area contributed by atoms with E-state index in [1.54, 1.807) is 6.07 Å². The first-order valence-electron chi connectivity index (χ1n) is 7.14. The van der Waals surface area contributed by atoms with Gasteiger partial charge in [-0.05, 0) is 50.8 Å². The number of nitrogens with zero attached hydrogens (tertiary/aromatic N) is 1. The van der Waals surface area contributed by atoms with Gasteiger partial charge in [0, 0.05) is 24.3 Å². The van der Waals surface area contributed by atoms with Crippen molar-refractivity contribution in [3.63, 3.8) is 0 Å². The Labute approximate surface area is 125 Å². The van der Waals surface area contributed by atoms with Gasteiger partial charge in [0.05, 0.1) is 10.6 Å². The highest BCUT2D eigenvalue weighted by Gasteiger charge is 2.24. The number of nitrogens with two attached hydrogens (primary N) is 2. The molecule has 0 saturated heterocycles. The zero-order valence-corrected chi connectivity index (χ0v) is 12.6. The van der Waals surface area contributed by atoms with Gasteiger partial charge in [-0.3, -0.25) is 4.79 Å². The topological polar surface area (TPSA) is 72.3 Å². The Hall–Kier alpha value is -1.26. The van der Waals surface area contributed by atoms with Gasteiger partial charge in [0.1, 0.15) is 0 Å². The molecule has 1 saturated carbocycles. The third-order valence-corrected chi connectivity index (χ3v) is 4.39. The van der Waals surface area contributed by atoms with Crippen LogP contribution < -0.4 is 16.4 Å². The molecule has 4 nitrogen and oxygen atoms in total. The van der Waals surface area contributed by atoms with Crippen LogP contribution in [0.2, 0.25) is 5.02 Å². The van der Waals surface area contributed by atoms with E-state index >= 15 is 0 Å². The maximum Gasteiger partial charge on any atom is 0.250 e. The molecule has 20 heavy (non-hydrogen) atoms. The standard InChI is InChI=1S/C15H22ClN3O/c1-2-19(11-5-3-10(17)4-6-11)12-7-8-13(15(18)20)14(16)9-12/h7-11H,2-6,17H2,1H3,(H2,18,20). The van der Waals surface area contributed by atoms with Gasteiger partial charge < -0.3 is 16.4 Å². The van der Waals surface area contributed by atoms with Gasteiger partial charge >= 0.3 is 0 Å². The van der Waals surface area contributed by atoms with Gasteiger partial charge in [-0.15, -0.1) is 0 Å². The van der Waals surface area contributed by atoms with E-state index in [-0.39, 0.29) is 0 Å². The number of hydrogen-bond acceptors (Lipinski definition) is 3. The lowest BCUT2D eigenvalue weighted by molar-refractivity contribution is 0.100. The SMILES string of the molecule is CCN(c1ccc(C(N)=O)c(Cl)c1)C1CCC(N)CC1. The molecule has 1 aromatic rings. The Morgan fingerprint density at radius 1 is 1.35 bits per heavy atom. The van der Waals surface area contributed by atoms with E-state index in [2.05, 4.69) is 11.8 Å². The predicted octanol–water partition coefficient (Wildman–Crippen LogP) is 2.54. The molecule has 2 rings (SSSR count). The smallest absolute Gasteiger partial charge is 0.250 e. The number of carbonyl (C=O) groups excluding carboxylic acids is 1. The fraction of sp³-hybridized carbons (Fsp3) is 0.533. The summed E-state index contributed by atoms with van der Waals surface area (Å²) in [4.78, 5) is 13.6. The van der Waals surface area contributed by atoms with E-state index in [9.17, 15) is 4.79 Å². The summed E-state index contributed by atoms with van der Waals surface area (Å²) >= 11 is 6.14. The summed E-state index contributed by atoms with van der Waals surface area (Å²) in [6.07, 6.45) is 4.33. The van der Waals surface area contributed by atoms with Crippen molar-refractivity contribution < 1.29 is 4.79 Å². The molecule has 0 aliphatic heterocycles.